The molecule has 4 rings (SSSR count). The first kappa shape index (κ1) is 34.7. The number of nitrogens with zero attached hydrogens (tertiary/aromatic N) is 5. The van der Waals surface area contributed by atoms with E-state index in [1.807, 2.05) is 13.8 Å². The van der Waals surface area contributed by atoms with E-state index in [-0.39, 0.29) is 50.3 Å². The maximum atomic E-state index is 13.5. The summed E-state index contributed by atoms with van der Waals surface area (Å²) in [5.74, 6) is 0.406. The van der Waals surface area contributed by atoms with Crippen molar-refractivity contribution in [3.05, 3.63) is 53.3 Å². The van der Waals surface area contributed by atoms with E-state index in [4.69, 9.17) is 14.2 Å². The van der Waals surface area contributed by atoms with Crippen LogP contribution in [0.4, 0.5) is 0 Å². The number of hydrogen-bond donors (Lipinski definition) is 3. The number of amides is 4. The SMILES string of the molecule is COc1ccc2cc1Oc1cccc(OC)c1CNC(=O)[C@@H](C(C)C)NC(=O)CN(C(=O)CCn1nnnc1C)CCCCNC2=O. The smallest absolute Gasteiger partial charge is 0.251 e. The summed E-state index contributed by atoms with van der Waals surface area (Å²) in [6.45, 7) is 6.02. The van der Waals surface area contributed by atoms with Crippen LogP contribution in [-0.4, -0.2) is 88.6 Å². The van der Waals surface area contributed by atoms with Gasteiger partial charge in [0.2, 0.25) is 17.7 Å². The van der Waals surface area contributed by atoms with Crippen molar-refractivity contribution in [1.29, 1.82) is 0 Å². The second-order valence-electron chi connectivity index (χ2n) is 11.4. The van der Waals surface area contributed by atoms with E-state index in [2.05, 4.69) is 31.5 Å². The van der Waals surface area contributed by atoms with Gasteiger partial charge in [-0.25, -0.2) is 4.68 Å². The Morgan fingerprint density at radius 3 is 2.53 bits per heavy atom. The Morgan fingerprint density at radius 2 is 1.83 bits per heavy atom. The summed E-state index contributed by atoms with van der Waals surface area (Å²) in [6, 6.07) is 9.20. The minimum Gasteiger partial charge on any atom is -0.496 e. The van der Waals surface area contributed by atoms with Crippen LogP contribution < -0.4 is 30.2 Å². The molecule has 15 heteroatoms. The first-order valence-electron chi connectivity index (χ1n) is 15.5. The second kappa shape index (κ2) is 16.4. The fraction of sp³-hybridized carbons (Fsp3) is 0.469. The number of fused-ring (bicyclic) bond motifs is 3. The molecule has 2 aromatic carbocycles. The van der Waals surface area contributed by atoms with Crippen molar-refractivity contribution in [3.8, 4) is 23.0 Å². The molecule has 0 radical (unpaired) electrons. The molecule has 1 aliphatic heterocycles. The van der Waals surface area contributed by atoms with E-state index >= 15 is 0 Å². The van der Waals surface area contributed by atoms with Crippen molar-refractivity contribution in [2.45, 2.75) is 59.2 Å². The van der Waals surface area contributed by atoms with E-state index < -0.39 is 17.9 Å². The Morgan fingerprint density at radius 1 is 1.04 bits per heavy atom. The highest BCUT2D eigenvalue weighted by atomic mass is 16.5. The van der Waals surface area contributed by atoms with Crippen molar-refractivity contribution in [3.63, 3.8) is 0 Å². The van der Waals surface area contributed by atoms with E-state index in [0.717, 1.165) is 0 Å². The van der Waals surface area contributed by atoms with Gasteiger partial charge in [-0.2, -0.15) is 0 Å². The number of nitrogens with one attached hydrogen (secondary N) is 3. The molecule has 2 bridgehead atoms. The minimum absolute atomic E-state index is 0.0148. The third-order valence-electron chi connectivity index (χ3n) is 7.74. The average Bonchev–Trinajstić information content (AvgIpc) is 3.47. The Bertz CT molecular complexity index is 1570. The summed E-state index contributed by atoms with van der Waals surface area (Å²) in [5.41, 5.74) is 0.900. The van der Waals surface area contributed by atoms with Crippen LogP contribution in [0, 0.1) is 12.8 Å². The normalized spacial score (nSPS) is 16.7. The van der Waals surface area contributed by atoms with Gasteiger partial charge < -0.3 is 35.1 Å². The van der Waals surface area contributed by atoms with Crippen LogP contribution in [0.1, 0.15) is 54.9 Å². The lowest BCUT2D eigenvalue weighted by molar-refractivity contribution is -0.137. The van der Waals surface area contributed by atoms with E-state index in [1.54, 1.807) is 43.3 Å². The number of methoxy groups -OCH3 is 2. The zero-order valence-corrected chi connectivity index (χ0v) is 27.4. The number of ether oxygens (including phenoxy) is 3. The molecule has 1 aromatic heterocycles. The van der Waals surface area contributed by atoms with Crippen LogP contribution in [0.2, 0.25) is 0 Å². The van der Waals surface area contributed by atoms with Gasteiger partial charge in [0.15, 0.2) is 11.5 Å². The third-order valence-corrected chi connectivity index (χ3v) is 7.74. The lowest BCUT2D eigenvalue weighted by atomic mass is 10.0. The van der Waals surface area contributed by atoms with E-state index in [9.17, 15) is 19.2 Å². The first-order valence-corrected chi connectivity index (χ1v) is 15.5. The van der Waals surface area contributed by atoms with Crippen LogP contribution in [0.15, 0.2) is 36.4 Å². The number of aryl methyl sites for hydroxylation is 2. The highest BCUT2D eigenvalue weighted by Gasteiger charge is 2.27. The van der Waals surface area contributed by atoms with Gasteiger partial charge in [-0.15, -0.1) is 5.10 Å². The van der Waals surface area contributed by atoms with Crippen LogP contribution in [0.25, 0.3) is 0 Å². The standard InChI is InChI=1S/C32H42N8O7/c1-20(2)30-32(44)34-18-23-24(45-4)9-8-10-25(23)47-27-17-22(11-12-26(27)46-5)31(43)33-14-6-7-15-39(19-28(41)35-30)29(42)13-16-40-21(3)36-37-38-40/h8-12,17,20,30H,6-7,13-16,18-19H2,1-5H3,(H,33,43)(H,34,44)(H,35,41)/t30-/m1/s1. The minimum atomic E-state index is -0.875. The predicted octanol–water partition coefficient (Wildman–Crippen LogP) is 1.99. The van der Waals surface area contributed by atoms with Gasteiger partial charge in [0.25, 0.3) is 5.91 Å². The Balaban J connectivity index is 1.61. The lowest BCUT2D eigenvalue weighted by Crippen LogP contribution is -2.52. The van der Waals surface area contributed by atoms with Gasteiger partial charge in [-0.1, -0.05) is 19.9 Å². The molecular weight excluding hydrogens is 608 g/mol. The van der Waals surface area contributed by atoms with Crippen LogP contribution in [0.3, 0.4) is 0 Å². The highest BCUT2D eigenvalue weighted by Crippen LogP contribution is 2.37. The average molecular weight is 651 g/mol. The monoisotopic (exact) mass is 650 g/mol. The molecule has 0 aliphatic carbocycles. The summed E-state index contributed by atoms with van der Waals surface area (Å²) in [7, 11) is 3.01. The summed E-state index contributed by atoms with van der Waals surface area (Å²) in [5, 5.41) is 19.9. The van der Waals surface area contributed by atoms with Gasteiger partial charge in [-0.3, -0.25) is 19.2 Å². The molecule has 47 heavy (non-hydrogen) atoms. The molecule has 3 N–H and O–H groups in total. The zero-order valence-electron chi connectivity index (χ0n) is 27.4. The molecule has 3 aromatic rings. The summed E-state index contributed by atoms with van der Waals surface area (Å²) < 4.78 is 18.8. The molecule has 0 fully saturated rings. The lowest BCUT2D eigenvalue weighted by Gasteiger charge is -2.26. The molecule has 0 unspecified atom stereocenters. The topological polar surface area (TPSA) is 179 Å². The van der Waals surface area contributed by atoms with E-state index in [1.165, 1.54) is 23.8 Å². The van der Waals surface area contributed by atoms with Gasteiger partial charge >= 0.3 is 0 Å². The molecular formula is C32H42N8O7. The van der Waals surface area contributed by atoms with Gasteiger partial charge in [0.05, 0.1) is 39.4 Å². The van der Waals surface area contributed by atoms with Gasteiger partial charge in [0.1, 0.15) is 23.4 Å². The van der Waals surface area contributed by atoms with Crippen molar-refractivity contribution in [2.75, 3.05) is 33.9 Å². The summed E-state index contributed by atoms with van der Waals surface area (Å²) in [6.07, 6.45) is 1.15. The molecule has 4 amide bonds. The maximum absolute atomic E-state index is 13.5. The molecule has 1 aliphatic rings. The molecule has 1 atom stereocenters. The third kappa shape index (κ3) is 9.17. The highest BCUT2D eigenvalue weighted by molar-refractivity contribution is 5.95. The van der Waals surface area contributed by atoms with Crippen LogP contribution in [-0.2, 0) is 27.5 Å². The predicted molar refractivity (Wildman–Crippen MR) is 170 cm³/mol. The fourth-order valence-electron chi connectivity index (χ4n) is 5.07. The van der Waals surface area contributed by atoms with E-state index in [0.29, 0.717) is 59.3 Å². The number of aromatic nitrogens is 4. The molecule has 0 saturated heterocycles. The Kier molecular flexibility index (Phi) is 12.1. The number of benzene rings is 2. The number of carbonyl (C=O) groups is 4. The summed E-state index contributed by atoms with van der Waals surface area (Å²) in [4.78, 5) is 54.6. The molecule has 15 nitrogen and oxygen atoms in total. The largest absolute Gasteiger partial charge is 0.496 e. The molecule has 0 spiro atoms. The van der Waals surface area contributed by atoms with Crippen molar-refractivity contribution in [1.82, 2.24) is 41.1 Å². The fourth-order valence-corrected chi connectivity index (χ4v) is 5.07. The molecule has 2 heterocycles. The maximum Gasteiger partial charge on any atom is 0.251 e. The summed E-state index contributed by atoms with van der Waals surface area (Å²) >= 11 is 0. The number of carbonyl (C=O) groups excluding carboxylic acids is 4. The molecule has 0 saturated carbocycles. The first-order chi connectivity index (χ1) is 22.6. The van der Waals surface area contributed by atoms with Crippen molar-refractivity contribution >= 4 is 23.6 Å². The number of rotatable bonds is 6. The quantitative estimate of drug-likeness (QED) is 0.357. The number of hydrogen-bond acceptors (Lipinski definition) is 10. The Labute approximate surface area is 273 Å². The Hall–Kier alpha value is -5.21. The van der Waals surface area contributed by atoms with Crippen molar-refractivity contribution < 1.29 is 33.4 Å². The number of tetrazole rings is 1. The van der Waals surface area contributed by atoms with Crippen LogP contribution >= 0.6 is 0 Å². The van der Waals surface area contributed by atoms with Gasteiger partial charge in [-0.05, 0) is 66.4 Å². The second-order valence-corrected chi connectivity index (χ2v) is 11.4. The zero-order chi connectivity index (χ0) is 33.9. The molecule has 252 valence electrons. The van der Waals surface area contributed by atoms with Crippen molar-refractivity contribution in [2.24, 2.45) is 5.92 Å². The van der Waals surface area contributed by atoms with Gasteiger partial charge in [0, 0.05) is 25.1 Å². The van der Waals surface area contributed by atoms with Crippen LogP contribution in [0.5, 0.6) is 23.0 Å².